The van der Waals surface area contributed by atoms with Crippen molar-refractivity contribution in [2.24, 2.45) is 0 Å². The first-order valence-corrected chi connectivity index (χ1v) is 9.20. The molecule has 0 radical (unpaired) electrons. The van der Waals surface area contributed by atoms with Gasteiger partial charge in [-0.25, -0.2) is 0 Å². The second kappa shape index (κ2) is 9.74. The summed E-state index contributed by atoms with van der Waals surface area (Å²) in [7, 11) is 1.01. The summed E-state index contributed by atoms with van der Waals surface area (Å²) in [5, 5.41) is 2.91. The fraction of sp³-hybridized carbons (Fsp3) is 0.588. The number of hydrogen-bond donors (Lipinski definition) is 1. The van der Waals surface area contributed by atoms with E-state index >= 15 is 0 Å². The molecule has 1 aliphatic rings. The molecule has 0 aromatic rings. The van der Waals surface area contributed by atoms with Crippen LogP contribution in [0.15, 0.2) is 34.8 Å². The van der Waals surface area contributed by atoms with E-state index in [2.05, 4.69) is 24.1 Å². The van der Waals surface area contributed by atoms with Crippen LogP contribution >= 0.6 is 0 Å². The number of nitrogens with one attached hydrogen (secondary N) is 1. The third-order valence-corrected chi connectivity index (χ3v) is 5.58. The van der Waals surface area contributed by atoms with Crippen molar-refractivity contribution in [2.45, 2.75) is 38.9 Å². The minimum absolute atomic E-state index is 0.0723. The number of amides is 1. The fourth-order valence-corrected chi connectivity index (χ4v) is 3.75. The molecule has 2 atom stereocenters. The van der Waals surface area contributed by atoms with Gasteiger partial charge in [0.2, 0.25) is 0 Å². The van der Waals surface area contributed by atoms with Crippen molar-refractivity contribution in [3.05, 3.63) is 34.8 Å². The Hall–Kier alpha value is -1.20. The zero-order valence-electron chi connectivity index (χ0n) is 14.1. The van der Waals surface area contributed by atoms with Crippen molar-refractivity contribution in [3.8, 4) is 0 Å². The highest BCUT2D eigenvalue weighted by atomic mass is 32.2. The van der Waals surface area contributed by atoms with Crippen molar-refractivity contribution in [1.29, 1.82) is 0 Å². The zero-order valence-corrected chi connectivity index (χ0v) is 14.9. The monoisotopic (exact) mass is 324 g/mol. The summed E-state index contributed by atoms with van der Waals surface area (Å²) < 4.78 is 12.8. The van der Waals surface area contributed by atoms with Gasteiger partial charge in [-0.1, -0.05) is 26.0 Å². The molecule has 22 heavy (non-hydrogen) atoms. The molecule has 0 saturated carbocycles. The lowest BCUT2D eigenvalue weighted by atomic mass is 10.2. The van der Waals surface area contributed by atoms with Crippen molar-refractivity contribution >= 4 is 16.7 Å². The molecule has 1 amide bonds. The van der Waals surface area contributed by atoms with Gasteiger partial charge in [0.15, 0.2) is 0 Å². The molecule has 0 fully saturated rings. The lowest BCUT2D eigenvalue weighted by molar-refractivity contribution is -0.117. The van der Waals surface area contributed by atoms with Gasteiger partial charge >= 0.3 is 0 Å². The molecule has 0 saturated heterocycles. The maximum Gasteiger partial charge on any atom is 0.250 e. The van der Waals surface area contributed by atoms with Crippen LogP contribution in [0, 0.1) is 0 Å². The van der Waals surface area contributed by atoms with E-state index in [1.54, 1.807) is 6.08 Å². The molecule has 2 unspecified atom stereocenters. The van der Waals surface area contributed by atoms with Gasteiger partial charge in [0.1, 0.15) is 0 Å². The summed E-state index contributed by atoms with van der Waals surface area (Å²) in [4.78, 5) is 14.9. The largest absolute Gasteiger partial charge is 0.352 e. The van der Waals surface area contributed by atoms with Crippen LogP contribution < -0.4 is 5.32 Å². The third kappa shape index (κ3) is 5.54. The Labute approximate surface area is 136 Å². The van der Waals surface area contributed by atoms with E-state index in [0.717, 1.165) is 24.4 Å². The minimum atomic E-state index is -1.04. The predicted octanol–water partition coefficient (Wildman–Crippen LogP) is 2.37. The second-order valence-corrected chi connectivity index (χ2v) is 7.11. The molecule has 0 aliphatic heterocycles. The van der Waals surface area contributed by atoms with Gasteiger partial charge < -0.3 is 10.2 Å². The standard InChI is InChI=1S/C17H28N2O2S/c1-5-15(13-19(4)7-3)22(21)16-10-8-9-14(11-12-16)17(20)18-6-2/h9-12,15H,5-8,13H2,1-4H3,(H,18,20). The van der Waals surface area contributed by atoms with Gasteiger partial charge in [-0.3, -0.25) is 9.00 Å². The topological polar surface area (TPSA) is 49.4 Å². The molecule has 5 heteroatoms. The highest BCUT2D eigenvalue weighted by Crippen LogP contribution is 2.19. The molecule has 1 N–H and O–H groups in total. The van der Waals surface area contributed by atoms with E-state index in [9.17, 15) is 9.00 Å². The molecular weight excluding hydrogens is 296 g/mol. The molecule has 4 nitrogen and oxygen atoms in total. The molecule has 1 aliphatic carbocycles. The van der Waals surface area contributed by atoms with E-state index in [1.807, 2.05) is 32.2 Å². The van der Waals surface area contributed by atoms with Crippen molar-refractivity contribution in [3.63, 3.8) is 0 Å². The number of nitrogens with zero attached hydrogens (tertiary/aromatic N) is 1. The van der Waals surface area contributed by atoms with E-state index in [-0.39, 0.29) is 11.2 Å². The Morgan fingerprint density at radius 2 is 2.05 bits per heavy atom. The van der Waals surface area contributed by atoms with Crippen LogP contribution in [-0.2, 0) is 15.6 Å². The van der Waals surface area contributed by atoms with E-state index in [0.29, 0.717) is 18.5 Å². The number of carbonyl (C=O) groups is 1. The molecule has 0 heterocycles. The van der Waals surface area contributed by atoms with Gasteiger partial charge in [-0.05, 0) is 45.5 Å². The van der Waals surface area contributed by atoms with Gasteiger partial charge in [0, 0.05) is 23.6 Å². The van der Waals surface area contributed by atoms with Crippen LogP contribution in [-0.4, -0.2) is 46.9 Å². The Morgan fingerprint density at radius 3 is 2.64 bits per heavy atom. The Kier molecular flexibility index (Phi) is 8.35. The predicted molar refractivity (Wildman–Crippen MR) is 94.0 cm³/mol. The lowest BCUT2D eigenvalue weighted by Crippen LogP contribution is -2.31. The maximum atomic E-state index is 12.8. The third-order valence-electron chi connectivity index (χ3n) is 3.73. The van der Waals surface area contributed by atoms with E-state index in [4.69, 9.17) is 0 Å². The Bertz CT molecular complexity index is 495. The quantitative estimate of drug-likeness (QED) is 0.746. The number of hydrogen-bond acceptors (Lipinski definition) is 3. The highest BCUT2D eigenvalue weighted by Gasteiger charge is 2.19. The van der Waals surface area contributed by atoms with Crippen molar-refractivity contribution in [1.82, 2.24) is 10.2 Å². The van der Waals surface area contributed by atoms with Crippen molar-refractivity contribution in [2.75, 3.05) is 26.7 Å². The summed E-state index contributed by atoms with van der Waals surface area (Å²) in [5.41, 5.74) is 0.642. The maximum absolute atomic E-state index is 12.8. The van der Waals surface area contributed by atoms with Gasteiger partial charge in [-0.2, -0.15) is 0 Å². The van der Waals surface area contributed by atoms with Crippen LogP contribution in [0.1, 0.15) is 33.6 Å². The first-order valence-electron chi connectivity index (χ1n) is 7.99. The molecule has 0 aromatic carbocycles. The first-order chi connectivity index (χ1) is 10.5. The van der Waals surface area contributed by atoms with Gasteiger partial charge in [0.05, 0.1) is 16.0 Å². The average Bonchev–Trinajstić information content (AvgIpc) is 2.77. The van der Waals surface area contributed by atoms with Crippen LogP contribution in [0.3, 0.4) is 0 Å². The molecule has 0 bridgehead atoms. The Balaban J connectivity index is 2.77. The number of likely N-dealkylation sites (N-methyl/N-ethyl adjacent to an activating group) is 1. The van der Waals surface area contributed by atoms with E-state index in [1.165, 1.54) is 0 Å². The second-order valence-electron chi connectivity index (χ2n) is 5.38. The normalized spacial score (nSPS) is 17.5. The Morgan fingerprint density at radius 1 is 1.32 bits per heavy atom. The first kappa shape index (κ1) is 18.8. The van der Waals surface area contributed by atoms with Crippen LogP contribution in [0.4, 0.5) is 0 Å². The number of carbonyl (C=O) groups excluding carboxylic acids is 1. The smallest absolute Gasteiger partial charge is 0.250 e. The van der Waals surface area contributed by atoms with Crippen LogP contribution in [0.25, 0.3) is 0 Å². The molecule has 124 valence electrons. The van der Waals surface area contributed by atoms with Gasteiger partial charge in [-0.15, -0.1) is 0 Å². The van der Waals surface area contributed by atoms with Crippen molar-refractivity contribution < 1.29 is 9.00 Å². The molecular formula is C17H28N2O2S. The van der Waals surface area contributed by atoms with Crippen LogP contribution in [0.5, 0.6) is 0 Å². The molecule has 0 aromatic heterocycles. The molecule has 1 rings (SSSR count). The van der Waals surface area contributed by atoms with E-state index < -0.39 is 10.8 Å². The number of allylic oxidation sites excluding steroid dienone is 3. The average molecular weight is 324 g/mol. The SMILES string of the molecule is CCNC(=O)C1=CCC=C(S(=O)C(CC)CN(C)CC)C=C1. The summed E-state index contributed by atoms with van der Waals surface area (Å²) >= 11 is 0. The van der Waals surface area contributed by atoms with Gasteiger partial charge in [0.25, 0.3) is 5.91 Å². The highest BCUT2D eigenvalue weighted by molar-refractivity contribution is 7.89. The summed E-state index contributed by atoms with van der Waals surface area (Å²) in [6.07, 6.45) is 8.97. The molecule has 0 spiro atoms. The lowest BCUT2D eigenvalue weighted by Gasteiger charge is -2.21. The van der Waals surface area contributed by atoms with Crippen LogP contribution in [0.2, 0.25) is 0 Å². The fourth-order valence-electron chi connectivity index (χ4n) is 2.21. The minimum Gasteiger partial charge on any atom is -0.352 e. The number of rotatable bonds is 8. The summed E-state index contributed by atoms with van der Waals surface area (Å²) in [6, 6.07) is 0. The summed E-state index contributed by atoms with van der Waals surface area (Å²) in [6.45, 7) is 8.45. The summed E-state index contributed by atoms with van der Waals surface area (Å²) in [5.74, 6) is -0.0723. The zero-order chi connectivity index (χ0) is 16.5.